The maximum Gasteiger partial charge on any atom is 0.193 e. The van der Waals surface area contributed by atoms with Crippen LogP contribution in [-0.2, 0) is 27.6 Å². The Morgan fingerprint density at radius 2 is 2.12 bits per heavy atom. The van der Waals surface area contributed by atoms with Crippen LogP contribution in [0.25, 0.3) is 0 Å². The lowest BCUT2D eigenvalue weighted by molar-refractivity contribution is 0.105. The molecule has 0 bridgehead atoms. The second-order valence-corrected chi connectivity index (χ2v) is 6.22. The van der Waals surface area contributed by atoms with E-state index in [1.54, 1.807) is 0 Å². The van der Waals surface area contributed by atoms with E-state index in [0.29, 0.717) is 23.7 Å². The predicted molar refractivity (Wildman–Crippen MR) is 60.3 cm³/mol. The van der Waals surface area contributed by atoms with E-state index in [-0.39, 0.29) is 11.6 Å². The largest absolute Gasteiger partial charge is 0.376 e. The van der Waals surface area contributed by atoms with Crippen molar-refractivity contribution in [3.8, 4) is 0 Å². The molecule has 7 heteroatoms. The summed E-state index contributed by atoms with van der Waals surface area (Å²) < 4.78 is 28.5. The third-order valence-electron chi connectivity index (χ3n) is 2.30. The topological polar surface area (TPSA) is 69.2 Å². The molecule has 0 radical (unpaired) electrons. The predicted octanol–water partition coefficient (Wildman–Crippen LogP) is 0.675. The minimum absolute atomic E-state index is 0.113. The van der Waals surface area contributed by atoms with Gasteiger partial charge in [-0.25, -0.2) is 18.4 Å². The molecule has 0 aliphatic carbocycles. The number of hydrogen-bond donors (Lipinski definition) is 0. The molecule has 0 spiro atoms. The van der Waals surface area contributed by atoms with E-state index in [2.05, 4.69) is 9.97 Å². The molecule has 0 amide bonds. The maximum absolute atomic E-state index is 11.6. The SMILES string of the molecule is CSc1nc2c(c(S(C)(=O)=O)n1)COCC2. The number of hydrogen-bond acceptors (Lipinski definition) is 6. The number of nitrogens with zero attached hydrogens (tertiary/aromatic N) is 2. The van der Waals surface area contributed by atoms with Gasteiger partial charge in [-0.15, -0.1) is 0 Å². The van der Waals surface area contributed by atoms with Gasteiger partial charge in [0.2, 0.25) is 0 Å². The molecule has 0 N–H and O–H groups in total. The summed E-state index contributed by atoms with van der Waals surface area (Å²) in [7, 11) is -3.32. The zero-order valence-electron chi connectivity index (χ0n) is 9.06. The zero-order valence-corrected chi connectivity index (χ0v) is 10.7. The highest BCUT2D eigenvalue weighted by Crippen LogP contribution is 2.24. The van der Waals surface area contributed by atoms with Crippen LogP contribution < -0.4 is 0 Å². The average molecular weight is 260 g/mol. The molecule has 0 saturated heterocycles. The first-order valence-electron chi connectivity index (χ1n) is 4.74. The summed E-state index contributed by atoms with van der Waals surface area (Å²) in [5, 5.41) is 0.614. The van der Waals surface area contributed by atoms with E-state index in [4.69, 9.17) is 4.74 Å². The van der Waals surface area contributed by atoms with Crippen molar-refractivity contribution < 1.29 is 13.2 Å². The zero-order chi connectivity index (χ0) is 11.8. The van der Waals surface area contributed by atoms with Crippen molar-refractivity contribution in [2.45, 2.75) is 23.2 Å². The summed E-state index contributed by atoms with van der Waals surface area (Å²) in [4.78, 5) is 8.37. The molecule has 1 aliphatic rings. The van der Waals surface area contributed by atoms with Crippen molar-refractivity contribution in [1.82, 2.24) is 9.97 Å². The van der Waals surface area contributed by atoms with Crippen molar-refractivity contribution in [1.29, 1.82) is 0 Å². The molecule has 5 nitrogen and oxygen atoms in total. The fourth-order valence-electron chi connectivity index (χ4n) is 1.58. The number of thioether (sulfide) groups is 1. The number of fused-ring (bicyclic) bond motifs is 1. The molecule has 0 unspecified atom stereocenters. The first-order chi connectivity index (χ1) is 7.52. The van der Waals surface area contributed by atoms with E-state index in [1.165, 1.54) is 11.8 Å². The lowest BCUT2D eigenvalue weighted by Gasteiger charge is -2.18. The molecule has 16 heavy (non-hydrogen) atoms. The van der Waals surface area contributed by atoms with Gasteiger partial charge in [0.15, 0.2) is 20.0 Å². The van der Waals surface area contributed by atoms with E-state index in [0.717, 1.165) is 11.9 Å². The summed E-state index contributed by atoms with van der Waals surface area (Å²) in [5.74, 6) is 0. The van der Waals surface area contributed by atoms with Gasteiger partial charge in [-0.1, -0.05) is 11.8 Å². The quantitative estimate of drug-likeness (QED) is 0.442. The molecule has 88 valence electrons. The Hall–Kier alpha value is -0.660. The molecule has 0 fully saturated rings. The number of aromatic nitrogens is 2. The van der Waals surface area contributed by atoms with Crippen LogP contribution in [0, 0.1) is 0 Å². The molecular formula is C9H12N2O3S2. The summed E-state index contributed by atoms with van der Waals surface area (Å²) in [6.07, 6.45) is 3.63. The molecule has 0 atom stereocenters. The molecule has 2 heterocycles. The fourth-order valence-corrected chi connectivity index (χ4v) is 2.90. The Morgan fingerprint density at radius 1 is 1.38 bits per heavy atom. The van der Waals surface area contributed by atoms with Gasteiger partial charge in [-0.3, -0.25) is 0 Å². The van der Waals surface area contributed by atoms with E-state index < -0.39 is 9.84 Å². The van der Waals surface area contributed by atoms with Crippen molar-refractivity contribution in [2.75, 3.05) is 19.1 Å². The second kappa shape index (κ2) is 4.31. The third kappa shape index (κ3) is 2.21. The van der Waals surface area contributed by atoms with Crippen LogP contribution in [0.3, 0.4) is 0 Å². The van der Waals surface area contributed by atoms with Gasteiger partial charge in [-0.2, -0.15) is 0 Å². The molecule has 2 rings (SSSR count). The summed E-state index contributed by atoms with van der Waals surface area (Å²) >= 11 is 1.34. The molecule has 0 saturated carbocycles. The summed E-state index contributed by atoms with van der Waals surface area (Å²) in [5.41, 5.74) is 1.41. The van der Waals surface area contributed by atoms with Crippen molar-refractivity contribution in [3.05, 3.63) is 11.3 Å². The van der Waals surface area contributed by atoms with Crippen LogP contribution in [0.2, 0.25) is 0 Å². The van der Waals surface area contributed by atoms with Crippen LogP contribution >= 0.6 is 11.8 Å². The van der Waals surface area contributed by atoms with Gasteiger partial charge in [0, 0.05) is 18.2 Å². The third-order valence-corrected chi connectivity index (χ3v) is 3.89. The first-order valence-corrected chi connectivity index (χ1v) is 7.85. The maximum atomic E-state index is 11.6. The summed E-state index contributed by atoms with van der Waals surface area (Å²) in [6.45, 7) is 0.868. The second-order valence-electron chi connectivity index (χ2n) is 3.52. The van der Waals surface area contributed by atoms with Crippen molar-refractivity contribution in [2.24, 2.45) is 0 Å². The molecule has 1 aromatic rings. The van der Waals surface area contributed by atoms with Gasteiger partial charge in [-0.05, 0) is 6.26 Å². The smallest absolute Gasteiger partial charge is 0.193 e. The Labute approximate surface area is 98.6 Å². The monoisotopic (exact) mass is 260 g/mol. The Balaban J connectivity index is 2.66. The lowest BCUT2D eigenvalue weighted by atomic mass is 10.1. The minimum atomic E-state index is -3.32. The van der Waals surface area contributed by atoms with E-state index in [1.807, 2.05) is 6.26 Å². The van der Waals surface area contributed by atoms with Crippen LogP contribution in [-0.4, -0.2) is 37.5 Å². The first kappa shape index (κ1) is 11.8. The van der Waals surface area contributed by atoms with Crippen molar-refractivity contribution in [3.63, 3.8) is 0 Å². The fraction of sp³-hybridized carbons (Fsp3) is 0.556. The number of rotatable bonds is 2. The van der Waals surface area contributed by atoms with Gasteiger partial charge in [0.05, 0.1) is 18.9 Å². The Morgan fingerprint density at radius 3 is 2.75 bits per heavy atom. The van der Waals surface area contributed by atoms with Gasteiger partial charge in [0.1, 0.15) is 0 Å². The van der Waals surface area contributed by atoms with Gasteiger partial charge >= 0.3 is 0 Å². The number of sulfone groups is 1. The normalized spacial score (nSPS) is 15.9. The lowest BCUT2D eigenvalue weighted by Crippen LogP contribution is -2.18. The van der Waals surface area contributed by atoms with E-state index in [9.17, 15) is 8.42 Å². The van der Waals surface area contributed by atoms with Crippen molar-refractivity contribution >= 4 is 21.6 Å². The molecular weight excluding hydrogens is 248 g/mol. The van der Waals surface area contributed by atoms with Crippen LogP contribution in [0.5, 0.6) is 0 Å². The van der Waals surface area contributed by atoms with Crippen LogP contribution in [0.15, 0.2) is 10.2 Å². The highest BCUT2D eigenvalue weighted by atomic mass is 32.2. The van der Waals surface area contributed by atoms with Gasteiger partial charge in [0.25, 0.3) is 0 Å². The Kier molecular flexibility index (Phi) is 3.18. The number of ether oxygens (including phenoxy) is 1. The molecule has 1 aromatic heterocycles. The molecule has 1 aliphatic heterocycles. The van der Waals surface area contributed by atoms with E-state index >= 15 is 0 Å². The average Bonchev–Trinajstić information content (AvgIpc) is 2.26. The van der Waals surface area contributed by atoms with Gasteiger partial charge < -0.3 is 4.74 Å². The van der Waals surface area contributed by atoms with Crippen LogP contribution in [0.1, 0.15) is 11.3 Å². The standard InChI is InChI=1S/C9H12N2O3S2/c1-15-9-10-7-3-4-14-5-6(7)8(11-9)16(2,12)13/h3-5H2,1-2H3. The molecule has 0 aromatic carbocycles. The highest BCUT2D eigenvalue weighted by molar-refractivity contribution is 7.98. The minimum Gasteiger partial charge on any atom is -0.376 e. The van der Waals surface area contributed by atoms with Crippen LogP contribution in [0.4, 0.5) is 0 Å². The Bertz CT molecular complexity index is 514. The highest BCUT2D eigenvalue weighted by Gasteiger charge is 2.23. The summed E-state index contributed by atoms with van der Waals surface area (Å²) in [6, 6.07) is 0.